The lowest BCUT2D eigenvalue weighted by Crippen LogP contribution is -2.00. The molecule has 1 heterocycles. The van der Waals surface area contributed by atoms with Crippen LogP contribution in [0.2, 0.25) is 5.02 Å². The zero-order chi connectivity index (χ0) is 18.4. The Morgan fingerprint density at radius 1 is 1.12 bits per heavy atom. The number of methoxy groups -OCH3 is 1. The summed E-state index contributed by atoms with van der Waals surface area (Å²) in [6.45, 7) is 0.184. The predicted molar refractivity (Wildman–Crippen MR) is 97.4 cm³/mol. The van der Waals surface area contributed by atoms with Gasteiger partial charge >= 0.3 is 5.97 Å². The third kappa shape index (κ3) is 5.00. The van der Waals surface area contributed by atoms with Crippen LogP contribution in [0, 0.1) is 0 Å². The summed E-state index contributed by atoms with van der Waals surface area (Å²) in [7, 11) is 1.36. The van der Waals surface area contributed by atoms with Gasteiger partial charge in [-0.1, -0.05) is 35.5 Å². The number of carbonyl (C=O) groups excluding carboxylic acids is 1. The van der Waals surface area contributed by atoms with Crippen molar-refractivity contribution in [3.63, 3.8) is 0 Å². The van der Waals surface area contributed by atoms with Gasteiger partial charge in [-0.05, 0) is 42.0 Å². The maximum Gasteiger partial charge on any atom is 0.337 e. The van der Waals surface area contributed by atoms with Crippen LogP contribution in [0.15, 0.2) is 58.2 Å². The largest absolute Gasteiger partial charge is 0.484 e. The molecule has 0 spiro atoms. The monoisotopic (exact) mass is 390 g/mol. The predicted octanol–water partition coefficient (Wildman–Crippen LogP) is 4.38. The highest BCUT2D eigenvalue weighted by Gasteiger charge is 2.09. The van der Waals surface area contributed by atoms with Crippen LogP contribution in [0.4, 0.5) is 0 Å². The number of aromatic nitrogens is 2. The highest BCUT2D eigenvalue weighted by molar-refractivity contribution is 7.98. The van der Waals surface area contributed by atoms with Crippen LogP contribution in [-0.4, -0.2) is 23.3 Å². The lowest BCUT2D eigenvalue weighted by atomic mass is 10.1. The number of thioether (sulfide) groups is 1. The SMILES string of the molecule is COC(=O)c1ccc(CSc2nnc(COc3ccc(Cl)cc3)o2)cc1. The molecule has 0 atom stereocenters. The van der Waals surface area contributed by atoms with Gasteiger partial charge in [0.15, 0.2) is 6.61 Å². The van der Waals surface area contributed by atoms with Gasteiger partial charge in [0.1, 0.15) is 5.75 Å². The molecule has 0 aliphatic rings. The fraction of sp³-hybridized carbons (Fsp3) is 0.167. The second-order valence-electron chi connectivity index (χ2n) is 5.18. The van der Waals surface area contributed by atoms with Gasteiger partial charge < -0.3 is 13.9 Å². The van der Waals surface area contributed by atoms with Crippen LogP contribution in [0.3, 0.4) is 0 Å². The molecule has 8 heteroatoms. The third-order valence-electron chi connectivity index (χ3n) is 3.36. The molecular formula is C18H15ClN2O4S. The van der Waals surface area contributed by atoms with E-state index in [0.29, 0.717) is 33.2 Å². The second-order valence-corrected chi connectivity index (χ2v) is 6.54. The molecule has 0 saturated heterocycles. The first kappa shape index (κ1) is 18.3. The van der Waals surface area contributed by atoms with E-state index in [-0.39, 0.29) is 12.6 Å². The van der Waals surface area contributed by atoms with Gasteiger partial charge in [-0.2, -0.15) is 0 Å². The Balaban J connectivity index is 1.50. The van der Waals surface area contributed by atoms with Crippen LogP contribution in [0.1, 0.15) is 21.8 Å². The number of rotatable bonds is 7. The summed E-state index contributed by atoms with van der Waals surface area (Å²) in [5.41, 5.74) is 1.54. The molecule has 3 rings (SSSR count). The fourth-order valence-electron chi connectivity index (χ4n) is 2.03. The fourth-order valence-corrected chi connectivity index (χ4v) is 2.89. The van der Waals surface area contributed by atoms with E-state index < -0.39 is 0 Å². The van der Waals surface area contributed by atoms with Crippen LogP contribution < -0.4 is 4.74 Å². The minimum absolute atomic E-state index is 0.184. The standard InChI is InChI=1S/C18H15ClN2O4S/c1-23-17(22)13-4-2-12(3-5-13)11-26-18-21-20-16(25-18)10-24-15-8-6-14(19)7-9-15/h2-9H,10-11H2,1H3. The summed E-state index contributed by atoms with van der Waals surface area (Å²) >= 11 is 7.24. The topological polar surface area (TPSA) is 74.5 Å². The average molecular weight is 391 g/mol. The summed E-state index contributed by atoms with van der Waals surface area (Å²) in [5, 5.41) is 9.05. The maximum atomic E-state index is 11.4. The van der Waals surface area contributed by atoms with Crippen molar-refractivity contribution in [2.24, 2.45) is 0 Å². The van der Waals surface area contributed by atoms with E-state index in [0.717, 1.165) is 5.56 Å². The lowest BCUT2D eigenvalue weighted by Gasteiger charge is -2.02. The van der Waals surface area contributed by atoms with Crippen molar-refractivity contribution in [3.8, 4) is 5.75 Å². The highest BCUT2D eigenvalue weighted by Crippen LogP contribution is 2.22. The van der Waals surface area contributed by atoms with E-state index in [1.807, 2.05) is 12.1 Å². The smallest absolute Gasteiger partial charge is 0.337 e. The van der Waals surface area contributed by atoms with Gasteiger partial charge in [0.2, 0.25) is 0 Å². The molecular weight excluding hydrogens is 376 g/mol. The number of hydrogen-bond acceptors (Lipinski definition) is 7. The van der Waals surface area contributed by atoms with Crippen LogP contribution >= 0.6 is 23.4 Å². The number of halogens is 1. The Kier molecular flexibility index (Phi) is 6.14. The van der Waals surface area contributed by atoms with Crippen LogP contribution in [0.5, 0.6) is 5.75 Å². The van der Waals surface area contributed by atoms with E-state index in [1.54, 1.807) is 36.4 Å². The Labute approximate surface area is 159 Å². The molecule has 0 bridgehead atoms. The molecule has 0 aliphatic carbocycles. The molecule has 3 aromatic rings. The molecule has 0 fully saturated rings. The van der Waals surface area contributed by atoms with Gasteiger partial charge in [-0.25, -0.2) is 4.79 Å². The van der Waals surface area contributed by atoms with Gasteiger partial charge in [0, 0.05) is 10.8 Å². The number of nitrogens with zero attached hydrogens (tertiary/aromatic N) is 2. The number of esters is 1. The summed E-state index contributed by atoms with van der Waals surface area (Å²) in [6, 6.07) is 14.2. The maximum absolute atomic E-state index is 11.4. The van der Waals surface area contributed by atoms with Crippen molar-refractivity contribution in [2.45, 2.75) is 17.6 Å². The molecule has 0 amide bonds. The van der Waals surface area contributed by atoms with E-state index >= 15 is 0 Å². The van der Waals surface area contributed by atoms with E-state index in [4.69, 9.17) is 20.8 Å². The summed E-state index contributed by atoms with van der Waals surface area (Å²) in [5.74, 6) is 1.35. The lowest BCUT2D eigenvalue weighted by molar-refractivity contribution is 0.0600. The Bertz CT molecular complexity index is 866. The second kappa shape index (κ2) is 8.73. The number of hydrogen-bond donors (Lipinski definition) is 0. The van der Waals surface area contributed by atoms with Crippen LogP contribution in [-0.2, 0) is 17.1 Å². The van der Waals surface area contributed by atoms with Crippen molar-refractivity contribution < 1.29 is 18.7 Å². The molecule has 134 valence electrons. The molecule has 0 aliphatic heterocycles. The van der Waals surface area contributed by atoms with E-state index in [9.17, 15) is 4.79 Å². The first-order valence-electron chi connectivity index (χ1n) is 7.65. The van der Waals surface area contributed by atoms with Crippen LogP contribution in [0.25, 0.3) is 0 Å². The summed E-state index contributed by atoms with van der Waals surface area (Å²) in [6.07, 6.45) is 0. The summed E-state index contributed by atoms with van der Waals surface area (Å²) in [4.78, 5) is 11.4. The van der Waals surface area contributed by atoms with Gasteiger partial charge in [-0.15, -0.1) is 10.2 Å². The molecule has 2 aromatic carbocycles. The quantitative estimate of drug-likeness (QED) is 0.437. The molecule has 0 N–H and O–H groups in total. The minimum atomic E-state index is -0.355. The average Bonchev–Trinajstić information content (AvgIpc) is 3.13. The number of benzene rings is 2. The first-order valence-corrected chi connectivity index (χ1v) is 9.01. The van der Waals surface area contributed by atoms with Crippen molar-refractivity contribution in [2.75, 3.05) is 7.11 Å². The third-order valence-corrected chi connectivity index (χ3v) is 4.50. The van der Waals surface area contributed by atoms with Crippen molar-refractivity contribution in [3.05, 3.63) is 70.6 Å². The molecule has 0 unspecified atom stereocenters. The molecule has 26 heavy (non-hydrogen) atoms. The molecule has 0 saturated carbocycles. The highest BCUT2D eigenvalue weighted by atomic mass is 35.5. The minimum Gasteiger partial charge on any atom is -0.484 e. The summed E-state index contributed by atoms with van der Waals surface area (Å²) < 4.78 is 15.8. The van der Waals surface area contributed by atoms with E-state index in [2.05, 4.69) is 14.9 Å². The molecule has 1 aromatic heterocycles. The van der Waals surface area contributed by atoms with Gasteiger partial charge in [-0.3, -0.25) is 0 Å². The zero-order valence-electron chi connectivity index (χ0n) is 13.8. The van der Waals surface area contributed by atoms with Gasteiger partial charge in [0.05, 0.1) is 12.7 Å². The van der Waals surface area contributed by atoms with Gasteiger partial charge in [0.25, 0.3) is 11.1 Å². The normalized spacial score (nSPS) is 10.5. The van der Waals surface area contributed by atoms with Crippen molar-refractivity contribution in [1.82, 2.24) is 10.2 Å². The zero-order valence-corrected chi connectivity index (χ0v) is 15.4. The van der Waals surface area contributed by atoms with E-state index in [1.165, 1.54) is 18.9 Å². The Morgan fingerprint density at radius 2 is 1.85 bits per heavy atom. The molecule has 0 radical (unpaired) electrons. The van der Waals surface area contributed by atoms with Crippen molar-refractivity contribution >= 4 is 29.3 Å². The number of carbonyl (C=O) groups is 1. The van der Waals surface area contributed by atoms with Crippen molar-refractivity contribution in [1.29, 1.82) is 0 Å². The Hall–Kier alpha value is -2.51. The molecule has 6 nitrogen and oxygen atoms in total. The first-order chi connectivity index (χ1) is 12.6. The number of ether oxygens (including phenoxy) is 2. The Morgan fingerprint density at radius 3 is 2.54 bits per heavy atom.